The summed E-state index contributed by atoms with van der Waals surface area (Å²) >= 11 is 0. The molecule has 0 heterocycles. The third-order valence-electron chi connectivity index (χ3n) is 13.6. The van der Waals surface area contributed by atoms with Crippen LogP contribution in [0, 0.1) is 0 Å². The average molecular weight is 1040 g/mol. The highest BCUT2D eigenvalue weighted by molar-refractivity contribution is 5.71. The Balaban J connectivity index is 4.25. The highest BCUT2D eigenvalue weighted by Gasteiger charge is 2.19. The molecule has 6 heteroatoms. The third kappa shape index (κ3) is 61.1. The lowest BCUT2D eigenvalue weighted by Crippen LogP contribution is -2.30. The summed E-state index contributed by atoms with van der Waals surface area (Å²) in [5.41, 5.74) is 0. The van der Waals surface area contributed by atoms with Crippen LogP contribution < -0.4 is 0 Å². The predicted molar refractivity (Wildman–Crippen MR) is 325 cm³/mol. The second kappa shape index (κ2) is 62.9. The number of unbranched alkanes of at least 4 members (excludes halogenated alkanes) is 30. The zero-order chi connectivity index (χ0) is 54.3. The van der Waals surface area contributed by atoms with Crippen LogP contribution in [0.25, 0.3) is 0 Å². The molecule has 0 saturated heterocycles. The van der Waals surface area contributed by atoms with Gasteiger partial charge in [0.25, 0.3) is 0 Å². The van der Waals surface area contributed by atoms with Crippen molar-refractivity contribution in [3.8, 4) is 0 Å². The van der Waals surface area contributed by atoms with Crippen LogP contribution in [-0.2, 0) is 28.6 Å². The molecule has 0 spiro atoms. The molecule has 0 aliphatic rings. The van der Waals surface area contributed by atoms with Crippen molar-refractivity contribution in [2.24, 2.45) is 0 Å². The van der Waals surface area contributed by atoms with Crippen LogP contribution in [0.1, 0.15) is 303 Å². The Bertz CT molecular complexity index is 1480. The first-order valence-electron chi connectivity index (χ1n) is 31.7. The average Bonchev–Trinajstić information content (AvgIpc) is 3.41. The summed E-state index contributed by atoms with van der Waals surface area (Å²) in [5, 5.41) is 0. The zero-order valence-corrected chi connectivity index (χ0v) is 49.3. The van der Waals surface area contributed by atoms with Crippen LogP contribution in [0.2, 0.25) is 0 Å². The lowest BCUT2D eigenvalue weighted by atomic mass is 10.1. The quantitative estimate of drug-likeness (QED) is 0.0261. The van der Waals surface area contributed by atoms with Gasteiger partial charge in [0, 0.05) is 19.3 Å². The standard InChI is InChI=1S/C69H118O6/c1-4-7-10-13-16-19-21-23-25-27-29-31-32-33-34-35-36-38-39-41-43-45-47-50-53-56-59-62-68(71)74-65-66(64-73-67(70)61-58-55-52-49-18-15-12-9-6-3)75-69(72)63-60-57-54-51-48-46-44-42-40-37-30-28-26-24-22-20-17-14-11-8-5-2/h7,10,16,19,22-25,28-31,33-34,36,38,66H,4-6,8-9,11-15,17-18,20-21,26-27,32,35,37,39-65H2,1-3H3/b10-7-,19-16-,24-22-,25-23-,30-28-,31-29-,34-33-,38-36-. The van der Waals surface area contributed by atoms with Gasteiger partial charge in [-0.1, -0.05) is 279 Å². The smallest absolute Gasteiger partial charge is 0.306 e. The number of hydrogen-bond acceptors (Lipinski definition) is 6. The number of carbonyl (C=O) groups is 3. The van der Waals surface area contributed by atoms with Gasteiger partial charge in [-0.05, 0) is 103 Å². The number of esters is 3. The summed E-state index contributed by atoms with van der Waals surface area (Å²) < 4.78 is 16.9. The first-order chi connectivity index (χ1) is 37.0. The Morgan fingerprint density at radius 1 is 0.280 bits per heavy atom. The van der Waals surface area contributed by atoms with E-state index in [0.29, 0.717) is 19.3 Å². The van der Waals surface area contributed by atoms with Crippen molar-refractivity contribution in [2.75, 3.05) is 13.2 Å². The van der Waals surface area contributed by atoms with Gasteiger partial charge in [-0.2, -0.15) is 0 Å². The predicted octanol–water partition coefficient (Wildman–Crippen LogP) is 21.7. The highest BCUT2D eigenvalue weighted by Crippen LogP contribution is 2.16. The van der Waals surface area contributed by atoms with Crippen LogP contribution >= 0.6 is 0 Å². The Labute approximate surface area is 464 Å². The van der Waals surface area contributed by atoms with Gasteiger partial charge in [0.1, 0.15) is 13.2 Å². The fourth-order valence-corrected chi connectivity index (χ4v) is 8.83. The minimum absolute atomic E-state index is 0.0797. The minimum Gasteiger partial charge on any atom is -0.462 e. The molecule has 0 radical (unpaired) electrons. The lowest BCUT2D eigenvalue weighted by molar-refractivity contribution is -0.167. The molecule has 6 nitrogen and oxygen atoms in total. The summed E-state index contributed by atoms with van der Waals surface area (Å²) in [7, 11) is 0. The van der Waals surface area contributed by atoms with E-state index < -0.39 is 6.10 Å². The molecule has 430 valence electrons. The highest BCUT2D eigenvalue weighted by atomic mass is 16.6. The normalized spacial score (nSPS) is 12.7. The van der Waals surface area contributed by atoms with Gasteiger partial charge < -0.3 is 14.2 Å². The van der Waals surface area contributed by atoms with Gasteiger partial charge in [0.2, 0.25) is 0 Å². The van der Waals surface area contributed by atoms with Crippen molar-refractivity contribution in [1.82, 2.24) is 0 Å². The van der Waals surface area contributed by atoms with Crippen molar-refractivity contribution < 1.29 is 28.6 Å². The first-order valence-corrected chi connectivity index (χ1v) is 31.7. The third-order valence-corrected chi connectivity index (χ3v) is 13.6. The molecule has 0 saturated carbocycles. The van der Waals surface area contributed by atoms with Gasteiger partial charge in [-0.3, -0.25) is 14.4 Å². The lowest BCUT2D eigenvalue weighted by Gasteiger charge is -2.18. The van der Waals surface area contributed by atoms with Crippen molar-refractivity contribution in [1.29, 1.82) is 0 Å². The van der Waals surface area contributed by atoms with E-state index in [1.54, 1.807) is 0 Å². The molecule has 75 heavy (non-hydrogen) atoms. The van der Waals surface area contributed by atoms with E-state index >= 15 is 0 Å². The van der Waals surface area contributed by atoms with E-state index in [4.69, 9.17) is 14.2 Å². The molecule has 0 aliphatic carbocycles. The van der Waals surface area contributed by atoms with E-state index in [-0.39, 0.29) is 31.1 Å². The SMILES string of the molecule is CC/C=C\C/C=C\C/C=C\C/C=C\C/C=C\C/C=C\CCCCCCCCCCC(=O)OCC(COC(=O)CCCCCCCCCCC)OC(=O)CCCCCCCCCCC/C=C\C/C=C\CCCCCCC. The molecular weight excluding hydrogens is 925 g/mol. The van der Waals surface area contributed by atoms with Crippen LogP contribution in [0.4, 0.5) is 0 Å². The topological polar surface area (TPSA) is 78.9 Å². The molecule has 0 N–H and O–H groups in total. The summed E-state index contributed by atoms with van der Waals surface area (Å²) in [6.45, 7) is 6.51. The van der Waals surface area contributed by atoms with Gasteiger partial charge in [0.15, 0.2) is 6.10 Å². The van der Waals surface area contributed by atoms with Crippen molar-refractivity contribution in [2.45, 2.75) is 309 Å². The maximum atomic E-state index is 12.9. The number of rotatable bonds is 57. The Morgan fingerprint density at radius 3 is 0.813 bits per heavy atom. The molecule has 0 amide bonds. The second-order valence-corrected chi connectivity index (χ2v) is 20.9. The molecule has 0 aromatic heterocycles. The van der Waals surface area contributed by atoms with Crippen LogP contribution in [0.15, 0.2) is 97.2 Å². The van der Waals surface area contributed by atoms with E-state index in [2.05, 4.69) is 118 Å². The number of ether oxygens (including phenoxy) is 3. The van der Waals surface area contributed by atoms with E-state index in [1.165, 1.54) is 154 Å². The number of hydrogen-bond donors (Lipinski definition) is 0. The molecule has 0 aromatic rings. The van der Waals surface area contributed by atoms with Gasteiger partial charge in [0.05, 0.1) is 0 Å². The van der Waals surface area contributed by atoms with Crippen LogP contribution in [-0.4, -0.2) is 37.2 Å². The Kier molecular flexibility index (Phi) is 59.8. The van der Waals surface area contributed by atoms with E-state index in [1.807, 2.05) is 0 Å². The zero-order valence-electron chi connectivity index (χ0n) is 49.3. The molecular formula is C69H118O6. The first kappa shape index (κ1) is 71.3. The monoisotopic (exact) mass is 1040 g/mol. The summed E-state index contributed by atoms with van der Waals surface area (Å²) in [4.78, 5) is 38.2. The molecule has 0 rings (SSSR count). The fraction of sp³-hybridized carbons (Fsp3) is 0.725. The molecule has 1 unspecified atom stereocenters. The maximum Gasteiger partial charge on any atom is 0.306 e. The molecule has 0 aromatic carbocycles. The number of carbonyl (C=O) groups excluding carboxylic acids is 3. The van der Waals surface area contributed by atoms with Crippen molar-refractivity contribution in [3.63, 3.8) is 0 Å². The summed E-state index contributed by atoms with van der Waals surface area (Å²) in [6, 6.07) is 0. The van der Waals surface area contributed by atoms with Gasteiger partial charge in [-0.15, -0.1) is 0 Å². The Hall–Kier alpha value is -3.67. The number of allylic oxidation sites excluding steroid dienone is 16. The second-order valence-electron chi connectivity index (χ2n) is 20.9. The molecule has 1 atom stereocenters. The molecule has 0 fully saturated rings. The van der Waals surface area contributed by atoms with Crippen LogP contribution in [0.3, 0.4) is 0 Å². The molecule has 0 aliphatic heterocycles. The van der Waals surface area contributed by atoms with Gasteiger partial charge >= 0.3 is 17.9 Å². The largest absolute Gasteiger partial charge is 0.462 e. The summed E-state index contributed by atoms with van der Waals surface area (Å²) in [5.74, 6) is -0.887. The van der Waals surface area contributed by atoms with E-state index in [9.17, 15) is 14.4 Å². The van der Waals surface area contributed by atoms with Crippen molar-refractivity contribution >= 4 is 17.9 Å². The van der Waals surface area contributed by atoms with Gasteiger partial charge in [-0.25, -0.2) is 0 Å². The Morgan fingerprint density at radius 2 is 0.520 bits per heavy atom. The minimum atomic E-state index is -0.782. The van der Waals surface area contributed by atoms with Crippen molar-refractivity contribution in [3.05, 3.63) is 97.2 Å². The van der Waals surface area contributed by atoms with E-state index in [0.717, 1.165) is 109 Å². The molecule has 0 bridgehead atoms. The maximum absolute atomic E-state index is 12.9. The fourth-order valence-electron chi connectivity index (χ4n) is 8.83. The van der Waals surface area contributed by atoms with Crippen LogP contribution in [0.5, 0.6) is 0 Å². The summed E-state index contributed by atoms with van der Waals surface area (Å²) in [6.07, 6.45) is 84.2.